The molecule has 0 bridgehead atoms. The van der Waals surface area contributed by atoms with Gasteiger partial charge in [-0.3, -0.25) is 19.0 Å². The van der Waals surface area contributed by atoms with Gasteiger partial charge in [-0.05, 0) is 38.5 Å². The number of fused-ring (bicyclic) bond motifs is 1. The minimum Gasteiger partial charge on any atom is -0.352 e. The molecule has 0 atom stereocenters. The van der Waals surface area contributed by atoms with Crippen LogP contribution in [0.25, 0.3) is 21.3 Å². The zero-order chi connectivity index (χ0) is 21.8. The van der Waals surface area contributed by atoms with E-state index in [1.807, 2.05) is 13.8 Å². The molecule has 0 aliphatic carbocycles. The molecule has 0 saturated heterocycles. The van der Waals surface area contributed by atoms with Crippen LogP contribution in [0.3, 0.4) is 0 Å². The Balaban J connectivity index is 1.87. The Morgan fingerprint density at radius 3 is 2.60 bits per heavy atom. The summed E-state index contributed by atoms with van der Waals surface area (Å²) in [7, 11) is 0. The molecule has 2 heterocycles. The van der Waals surface area contributed by atoms with Crippen molar-refractivity contribution in [3.63, 3.8) is 0 Å². The second-order valence-corrected chi connectivity index (χ2v) is 8.00. The maximum absolute atomic E-state index is 13.3. The van der Waals surface area contributed by atoms with Gasteiger partial charge in [0.2, 0.25) is 11.8 Å². The first kappa shape index (κ1) is 21.6. The van der Waals surface area contributed by atoms with Gasteiger partial charge >= 0.3 is 0 Å². The Morgan fingerprint density at radius 1 is 1.27 bits per heavy atom. The zero-order valence-electron chi connectivity index (χ0n) is 17.0. The molecule has 1 N–H and O–H groups in total. The van der Waals surface area contributed by atoms with Gasteiger partial charge in [0.15, 0.2) is 0 Å². The SMILES string of the molecule is CCN(CC(=O)NC(C)C)C(=O)Cn1cnc2scc(-c3ccc(F)cc3)c2c1=O. The predicted octanol–water partition coefficient (Wildman–Crippen LogP) is 2.64. The minimum atomic E-state index is -0.361. The number of thiophene rings is 1. The number of carbonyl (C=O) groups excluding carboxylic acids is 2. The highest BCUT2D eigenvalue weighted by Gasteiger charge is 2.19. The van der Waals surface area contributed by atoms with Gasteiger partial charge in [0.1, 0.15) is 17.2 Å². The van der Waals surface area contributed by atoms with E-state index >= 15 is 0 Å². The number of nitrogens with one attached hydrogen (secondary N) is 1. The van der Waals surface area contributed by atoms with Crippen molar-refractivity contribution in [1.29, 1.82) is 0 Å². The van der Waals surface area contributed by atoms with Gasteiger partial charge in [-0.1, -0.05) is 12.1 Å². The van der Waals surface area contributed by atoms with Crippen LogP contribution in [0.2, 0.25) is 0 Å². The first-order valence-corrected chi connectivity index (χ1v) is 10.5. The molecule has 0 fully saturated rings. The first-order valence-electron chi connectivity index (χ1n) is 9.59. The van der Waals surface area contributed by atoms with E-state index in [1.165, 1.54) is 39.3 Å². The van der Waals surface area contributed by atoms with E-state index in [1.54, 1.807) is 24.4 Å². The lowest BCUT2D eigenvalue weighted by molar-refractivity contribution is -0.136. The molecule has 0 spiro atoms. The number of rotatable bonds is 7. The average molecular weight is 431 g/mol. The third kappa shape index (κ3) is 4.73. The molecular formula is C21H23FN4O3S. The monoisotopic (exact) mass is 430 g/mol. The molecule has 1 aromatic carbocycles. The summed E-state index contributed by atoms with van der Waals surface area (Å²) < 4.78 is 14.5. The molecule has 0 aliphatic rings. The maximum atomic E-state index is 13.3. The molecule has 30 heavy (non-hydrogen) atoms. The molecule has 0 saturated carbocycles. The standard InChI is InChI=1S/C21H23FN4O3S/c1-4-25(9-17(27)24-13(2)3)18(28)10-26-12-23-20-19(21(26)29)16(11-30-20)14-5-7-15(22)8-6-14/h5-8,11-13H,4,9-10H2,1-3H3,(H,24,27). The lowest BCUT2D eigenvalue weighted by atomic mass is 10.1. The van der Waals surface area contributed by atoms with Crippen molar-refractivity contribution in [2.24, 2.45) is 0 Å². The van der Waals surface area contributed by atoms with Crippen molar-refractivity contribution in [1.82, 2.24) is 19.8 Å². The molecule has 2 amide bonds. The predicted molar refractivity (Wildman–Crippen MR) is 115 cm³/mol. The van der Waals surface area contributed by atoms with Gasteiger partial charge in [0, 0.05) is 23.5 Å². The van der Waals surface area contributed by atoms with Gasteiger partial charge < -0.3 is 10.2 Å². The third-order valence-corrected chi connectivity index (χ3v) is 5.43. The van der Waals surface area contributed by atoms with Gasteiger partial charge in [0.05, 0.1) is 18.3 Å². The normalized spacial score (nSPS) is 11.1. The van der Waals surface area contributed by atoms with E-state index in [-0.39, 0.29) is 42.3 Å². The number of hydrogen-bond donors (Lipinski definition) is 1. The molecule has 0 radical (unpaired) electrons. The molecular weight excluding hydrogens is 407 g/mol. The Bertz CT molecular complexity index is 1120. The molecule has 2 aromatic heterocycles. The number of aromatic nitrogens is 2. The summed E-state index contributed by atoms with van der Waals surface area (Å²) in [6.45, 7) is 5.51. The van der Waals surface area contributed by atoms with E-state index in [0.717, 1.165) is 0 Å². The van der Waals surface area contributed by atoms with E-state index in [9.17, 15) is 18.8 Å². The Morgan fingerprint density at radius 2 is 1.97 bits per heavy atom. The van der Waals surface area contributed by atoms with Crippen LogP contribution in [-0.2, 0) is 16.1 Å². The summed E-state index contributed by atoms with van der Waals surface area (Å²) >= 11 is 1.31. The average Bonchev–Trinajstić information content (AvgIpc) is 3.13. The summed E-state index contributed by atoms with van der Waals surface area (Å²) in [5, 5.41) is 4.94. The third-order valence-electron chi connectivity index (χ3n) is 4.54. The molecule has 3 aromatic rings. The topological polar surface area (TPSA) is 84.3 Å². The molecule has 0 aliphatic heterocycles. The molecule has 158 valence electrons. The number of likely N-dealkylation sites (N-methyl/N-ethyl adjacent to an activating group) is 1. The Kier molecular flexibility index (Phi) is 6.61. The summed E-state index contributed by atoms with van der Waals surface area (Å²) in [5.41, 5.74) is 1.00. The van der Waals surface area contributed by atoms with Crippen LogP contribution in [0.15, 0.2) is 40.8 Å². The van der Waals surface area contributed by atoms with Crippen molar-refractivity contribution in [3.05, 3.63) is 52.1 Å². The molecule has 9 heteroatoms. The highest BCUT2D eigenvalue weighted by atomic mass is 32.1. The lowest BCUT2D eigenvalue weighted by Crippen LogP contribution is -2.44. The molecule has 0 unspecified atom stereocenters. The number of benzene rings is 1. The van der Waals surface area contributed by atoms with Crippen LogP contribution < -0.4 is 10.9 Å². The van der Waals surface area contributed by atoms with Crippen molar-refractivity contribution in [2.75, 3.05) is 13.1 Å². The quantitative estimate of drug-likeness (QED) is 0.625. The van der Waals surface area contributed by atoms with Crippen molar-refractivity contribution in [3.8, 4) is 11.1 Å². The fourth-order valence-electron chi connectivity index (χ4n) is 3.09. The summed E-state index contributed by atoms with van der Waals surface area (Å²) in [5.74, 6) is -0.962. The van der Waals surface area contributed by atoms with E-state index < -0.39 is 0 Å². The molecule has 7 nitrogen and oxygen atoms in total. The fourth-order valence-corrected chi connectivity index (χ4v) is 3.99. The van der Waals surface area contributed by atoms with E-state index in [4.69, 9.17) is 0 Å². The van der Waals surface area contributed by atoms with Crippen molar-refractivity contribution < 1.29 is 14.0 Å². The van der Waals surface area contributed by atoms with Crippen LogP contribution in [0.5, 0.6) is 0 Å². The smallest absolute Gasteiger partial charge is 0.263 e. The summed E-state index contributed by atoms with van der Waals surface area (Å²) in [4.78, 5) is 44.0. The minimum absolute atomic E-state index is 0.0241. The maximum Gasteiger partial charge on any atom is 0.263 e. The van der Waals surface area contributed by atoms with E-state index in [0.29, 0.717) is 27.9 Å². The van der Waals surface area contributed by atoms with Gasteiger partial charge in [-0.2, -0.15) is 0 Å². The Hall–Kier alpha value is -3.07. The van der Waals surface area contributed by atoms with Crippen LogP contribution in [0.4, 0.5) is 4.39 Å². The van der Waals surface area contributed by atoms with Crippen LogP contribution in [0.1, 0.15) is 20.8 Å². The van der Waals surface area contributed by atoms with Crippen molar-refractivity contribution in [2.45, 2.75) is 33.4 Å². The van der Waals surface area contributed by atoms with E-state index in [2.05, 4.69) is 10.3 Å². The van der Waals surface area contributed by atoms with Gasteiger partial charge in [-0.15, -0.1) is 11.3 Å². The van der Waals surface area contributed by atoms with Gasteiger partial charge in [-0.25, -0.2) is 9.37 Å². The largest absolute Gasteiger partial charge is 0.352 e. The number of hydrogen-bond acceptors (Lipinski definition) is 5. The first-order chi connectivity index (χ1) is 14.3. The van der Waals surface area contributed by atoms with Crippen LogP contribution in [0, 0.1) is 5.82 Å². The fraction of sp³-hybridized carbons (Fsp3) is 0.333. The number of nitrogens with zero attached hydrogens (tertiary/aromatic N) is 3. The second-order valence-electron chi connectivity index (χ2n) is 7.14. The van der Waals surface area contributed by atoms with Crippen LogP contribution in [-0.4, -0.2) is 45.4 Å². The highest BCUT2D eigenvalue weighted by Crippen LogP contribution is 2.30. The highest BCUT2D eigenvalue weighted by molar-refractivity contribution is 7.17. The van der Waals surface area contributed by atoms with Crippen molar-refractivity contribution >= 4 is 33.4 Å². The number of halogens is 1. The Labute approximate surface area is 177 Å². The zero-order valence-corrected chi connectivity index (χ0v) is 17.8. The number of amides is 2. The van der Waals surface area contributed by atoms with Crippen LogP contribution >= 0.6 is 11.3 Å². The number of carbonyl (C=O) groups is 2. The second kappa shape index (κ2) is 9.17. The summed E-state index contributed by atoms with van der Waals surface area (Å²) in [6.07, 6.45) is 1.34. The summed E-state index contributed by atoms with van der Waals surface area (Å²) in [6, 6.07) is 5.84. The lowest BCUT2D eigenvalue weighted by Gasteiger charge is -2.21. The van der Waals surface area contributed by atoms with Gasteiger partial charge in [0.25, 0.3) is 5.56 Å². The molecule has 3 rings (SSSR count).